The second-order valence-electron chi connectivity index (χ2n) is 8.35. The molecule has 4 rings (SSSR count). The number of carbonyl (C=O) groups is 1. The molecule has 0 saturated carbocycles. The Balaban J connectivity index is 1.24. The first-order valence-electron chi connectivity index (χ1n) is 10.3. The van der Waals surface area contributed by atoms with E-state index >= 15 is 0 Å². The normalized spacial score (nSPS) is 24.9. The molecule has 1 amide bonds. The van der Waals surface area contributed by atoms with Crippen molar-refractivity contribution in [2.24, 2.45) is 11.8 Å². The second kappa shape index (κ2) is 8.29. The Morgan fingerprint density at radius 3 is 2.70 bits per heavy atom. The molecule has 1 aromatic rings. The molecule has 27 heavy (non-hydrogen) atoms. The van der Waals surface area contributed by atoms with Gasteiger partial charge in [-0.15, -0.1) is 0 Å². The van der Waals surface area contributed by atoms with Crippen LogP contribution in [0, 0.1) is 18.8 Å². The van der Waals surface area contributed by atoms with Crippen molar-refractivity contribution < 1.29 is 19.0 Å². The van der Waals surface area contributed by atoms with Gasteiger partial charge in [0.25, 0.3) is 0 Å². The molecule has 0 aromatic heterocycles. The number of carbonyl (C=O) groups excluding carboxylic acids is 1. The smallest absolute Gasteiger partial charge is 0.227 e. The van der Waals surface area contributed by atoms with Crippen molar-refractivity contribution in [2.75, 3.05) is 46.1 Å². The minimum atomic E-state index is -0.170. The number of hydrogen-bond donors (Lipinski definition) is 0. The van der Waals surface area contributed by atoms with Crippen LogP contribution < -0.4 is 0 Å². The Morgan fingerprint density at radius 1 is 1.15 bits per heavy atom. The number of amides is 1. The number of rotatable bonds is 6. The molecule has 1 unspecified atom stereocenters. The zero-order chi connectivity index (χ0) is 18.7. The summed E-state index contributed by atoms with van der Waals surface area (Å²) in [6.45, 7) is 7.57. The van der Waals surface area contributed by atoms with Gasteiger partial charge in [0, 0.05) is 32.3 Å². The number of benzene rings is 1. The third-order valence-corrected chi connectivity index (χ3v) is 6.49. The summed E-state index contributed by atoms with van der Waals surface area (Å²) >= 11 is 0. The molecule has 0 aliphatic carbocycles. The van der Waals surface area contributed by atoms with Gasteiger partial charge in [-0.1, -0.05) is 24.3 Å². The summed E-state index contributed by atoms with van der Waals surface area (Å²) in [6.07, 6.45) is 3.72. The number of hydrogen-bond acceptors (Lipinski definition) is 4. The zero-order valence-electron chi connectivity index (χ0n) is 16.3. The Hall–Kier alpha value is -1.43. The Morgan fingerprint density at radius 2 is 1.93 bits per heavy atom. The van der Waals surface area contributed by atoms with E-state index in [9.17, 15) is 4.79 Å². The highest BCUT2D eigenvalue weighted by molar-refractivity contribution is 5.80. The standard InChI is InChI=1S/C22H31NO4/c1-17-4-2-3-5-19(17)12-21(24)23-15-22(16-23)20(8-11-27-22)14-26-13-18-6-9-25-10-7-18/h2-5,18,20H,6-16H2,1H3. The number of nitrogens with zero attached hydrogens (tertiary/aromatic N) is 1. The Bertz CT molecular complexity index is 649. The van der Waals surface area contributed by atoms with Gasteiger partial charge in [-0.2, -0.15) is 0 Å². The van der Waals surface area contributed by atoms with Gasteiger partial charge in [-0.3, -0.25) is 4.79 Å². The van der Waals surface area contributed by atoms with Crippen LogP contribution >= 0.6 is 0 Å². The van der Waals surface area contributed by atoms with E-state index in [0.717, 1.165) is 57.9 Å². The molecule has 0 radical (unpaired) electrons. The maximum absolute atomic E-state index is 12.6. The SMILES string of the molecule is Cc1ccccc1CC(=O)N1CC2(C1)OCCC2COCC1CCOCC1. The molecule has 3 aliphatic heterocycles. The van der Waals surface area contributed by atoms with Gasteiger partial charge in [0.05, 0.1) is 26.1 Å². The fourth-order valence-electron chi connectivity index (χ4n) is 4.52. The molecule has 5 nitrogen and oxygen atoms in total. The topological polar surface area (TPSA) is 48.0 Å². The molecule has 148 valence electrons. The lowest BCUT2D eigenvalue weighted by molar-refractivity contribution is -0.168. The minimum absolute atomic E-state index is 0.170. The van der Waals surface area contributed by atoms with Crippen LogP contribution in [-0.2, 0) is 25.4 Å². The third kappa shape index (κ3) is 4.20. The number of ether oxygens (including phenoxy) is 3. The van der Waals surface area contributed by atoms with E-state index in [2.05, 4.69) is 13.0 Å². The van der Waals surface area contributed by atoms with E-state index < -0.39 is 0 Å². The molecule has 3 heterocycles. The number of aryl methyl sites for hydroxylation is 1. The average Bonchev–Trinajstić information content (AvgIpc) is 3.07. The molecule has 1 atom stereocenters. The van der Waals surface area contributed by atoms with Crippen LogP contribution in [0.1, 0.15) is 30.4 Å². The molecule has 0 bridgehead atoms. The summed E-state index contributed by atoms with van der Waals surface area (Å²) in [5, 5.41) is 0. The quantitative estimate of drug-likeness (QED) is 0.769. The molecule has 5 heteroatoms. The van der Waals surface area contributed by atoms with Crippen LogP contribution in [0.5, 0.6) is 0 Å². The molecule has 1 spiro atoms. The Kier molecular flexibility index (Phi) is 5.81. The summed E-state index contributed by atoms with van der Waals surface area (Å²) in [4.78, 5) is 14.6. The van der Waals surface area contributed by atoms with Crippen molar-refractivity contribution >= 4 is 5.91 Å². The predicted molar refractivity (Wildman–Crippen MR) is 103 cm³/mol. The third-order valence-electron chi connectivity index (χ3n) is 6.49. The molecule has 1 aromatic carbocycles. The largest absolute Gasteiger partial charge is 0.381 e. The van der Waals surface area contributed by atoms with Crippen LogP contribution in [0.15, 0.2) is 24.3 Å². The summed E-state index contributed by atoms with van der Waals surface area (Å²) in [6, 6.07) is 8.12. The van der Waals surface area contributed by atoms with Gasteiger partial charge in [-0.25, -0.2) is 0 Å². The van der Waals surface area contributed by atoms with Gasteiger partial charge >= 0.3 is 0 Å². The molecule has 0 N–H and O–H groups in total. The first-order chi connectivity index (χ1) is 13.2. The monoisotopic (exact) mass is 373 g/mol. The van der Waals surface area contributed by atoms with Gasteiger partial charge in [0.15, 0.2) is 0 Å². The molecule has 3 aliphatic rings. The minimum Gasteiger partial charge on any atom is -0.381 e. The summed E-state index contributed by atoms with van der Waals surface area (Å²) in [5.41, 5.74) is 2.13. The van der Waals surface area contributed by atoms with E-state index in [1.807, 2.05) is 23.1 Å². The zero-order valence-corrected chi connectivity index (χ0v) is 16.3. The average molecular weight is 373 g/mol. The van der Waals surface area contributed by atoms with Crippen molar-refractivity contribution in [3.05, 3.63) is 35.4 Å². The molecular formula is C22H31NO4. The second-order valence-corrected chi connectivity index (χ2v) is 8.35. The van der Waals surface area contributed by atoms with Gasteiger partial charge < -0.3 is 19.1 Å². The maximum atomic E-state index is 12.6. The lowest BCUT2D eigenvalue weighted by Gasteiger charge is -2.50. The van der Waals surface area contributed by atoms with Gasteiger partial charge in [-0.05, 0) is 43.2 Å². The number of likely N-dealkylation sites (tertiary alicyclic amines) is 1. The van der Waals surface area contributed by atoms with Crippen molar-refractivity contribution in [2.45, 2.75) is 38.2 Å². The Labute approximate surface area is 162 Å². The maximum Gasteiger partial charge on any atom is 0.227 e. The predicted octanol–water partition coefficient (Wildman–Crippen LogP) is 2.60. The first kappa shape index (κ1) is 18.9. The van der Waals surface area contributed by atoms with Gasteiger partial charge in [0.1, 0.15) is 5.60 Å². The van der Waals surface area contributed by atoms with Crippen LogP contribution in [-0.4, -0.2) is 62.5 Å². The fraction of sp³-hybridized carbons (Fsp3) is 0.682. The molecular weight excluding hydrogens is 342 g/mol. The lowest BCUT2D eigenvalue weighted by Crippen LogP contribution is -2.66. The highest BCUT2D eigenvalue weighted by atomic mass is 16.5. The van der Waals surface area contributed by atoms with Crippen molar-refractivity contribution in [3.63, 3.8) is 0 Å². The fourth-order valence-corrected chi connectivity index (χ4v) is 4.52. The van der Waals surface area contributed by atoms with Crippen LogP contribution in [0.3, 0.4) is 0 Å². The lowest BCUT2D eigenvalue weighted by atomic mass is 9.81. The van der Waals surface area contributed by atoms with Crippen molar-refractivity contribution in [3.8, 4) is 0 Å². The highest BCUT2D eigenvalue weighted by Gasteiger charge is 2.54. The first-order valence-corrected chi connectivity index (χ1v) is 10.3. The van der Waals surface area contributed by atoms with E-state index in [4.69, 9.17) is 14.2 Å². The van der Waals surface area contributed by atoms with E-state index in [0.29, 0.717) is 31.3 Å². The van der Waals surface area contributed by atoms with Crippen molar-refractivity contribution in [1.82, 2.24) is 4.90 Å². The highest BCUT2D eigenvalue weighted by Crippen LogP contribution is 2.40. The van der Waals surface area contributed by atoms with Crippen molar-refractivity contribution in [1.29, 1.82) is 0 Å². The van der Waals surface area contributed by atoms with E-state index in [-0.39, 0.29) is 11.5 Å². The molecule has 3 fully saturated rings. The summed E-state index contributed by atoms with van der Waals surface area (Å²) < 4.78 is 17.6. The summed E-state index contributed by atoms with van der Waals surface area (Å²) in [7, 11) is 0. The van der Waals surface area contributed by atoms with Crippen LogP contribution in [0.2, 0.25) is 0 Å². The van der Waals surface area contributed by atoms with Crippen LogP contribution in [0.4, 0.5) is 0 Å². The van der Waals surface area contributed by atoms with E-state index in [1.54, 1.807) is 0 Å². The summed E-state index contributed by atoms with van der Waals surface area (Å²) in [5.74, 6) is 1.23. The van der Waals surface area contributed by atoms with Gasteiger partial charge in [0.2, 0.25) is 5.91 Å². The molecule has 3 saturated heterocycles. The van der Waals surface area contributed by atoms with Crippen LogP contribution in [0.25, 0.3) is 0 Å². The van der Waals surface area contributed by atoms with E-state index in [1.165, 1.54) is 5.56 Å².